The van der Waals surface area contributed by atoms with E-state index in [4.69, 9.17) is 21.1 Å². The van der Waals surface area contributed by atoms with Gasteiger partial charge in [-0.25, -0.2) is 4.68 Å². The number of hydrogen-bond donors (Lipinski definition) is 1. The van der Waals surface area contributed by atoms with Crippen LogP contribution >= 0.6 is 11.6 Å². The number of methoxy groups -OCH3 is 1. The highest BCUT2D eigenvalue weighted by Crippen LogP contribution is 2.29. The SMILES string of the molecule is CCCCOc1ccc(OC)cc1NC(=O)c1nn(-c2ccc(Cl)cc2)c(C)cc1=O. The van der Waals surface area contributed by atoms with Crippen LogP contribution in [-0.2, 0) is 0 Å². The largest absolute Gasteiger partial charge is 0.497 e. The molecule has 0 bridgehead atoms. The van der Waals surface area contributed by atoms with Crippen molar-refractivity contribution in [1.29, 1.82) is 0 Å². The molecule has 2 aromatic carbocycles. The van der Waals surface area contributed by atoms with Crippen LogP contribution in [0.5, 0.6) is 11.5 Å². The molecule has 0 aliphatic rings. The van der Waals surface area contributed by atoms with Crippen LogP contribution in [0.15, 0.2) is 53.3 Å². The molecule has 0 unspecified atom stereocenters. The van der Waals surface area contributed by atoms with Crippen molar-refractivity contribution in [3.05, 3.63) is 75.2 Å². The number of nitrogens with one attached hydrogen (secondary N) is 1. The Kier molecular flexibility index (Phi) is 7.31. The Morgan fingerprint density at radius 1 is 1.16 bits per heavy atom. The molecule has 0 saturated heterocycles. The van der Waals surface area contributed by atoms with E-state index in [9.17, 15) is 9.59 Å². The lowest BCUT2D eigenvalue weighted by Gasteiger charge is -2.14. The normalized spacial score (nSPS) is 10.6. The number of benzene rings is 2. The van der Waals surface area contributed by atoms with E-state index in [1.165, 1.54) is 17.9 Å². The number of aryl methyl sites for hydroxylation is 1. The number of halogens is 1. The molecule has 1 heterocycles. The minimum absolute atomic E-state index is 0.233. The fourth-order valence-corrected chi connectivity index (χ4v) is 3.04. The Hall–Kier alpha value is -3.32. The second kappa shape index (κ2) is 10.1. The number of aromatic nitrogens is 2. The topological polar surface area (TPSA) is 82.4 Å². The molecule has 7 nitrogen and oxygen atoms in total. The number of nitrogens with zero attached hydrogens (tertiary/aromatic N) is 2. The van der Waals surface area contributed by atoms with Gasteiger partial charge in [-0.3, -0.25) is 9.59 Å². The highest BCUT2D eigenvalue weighted by Gasteiger charge is 2.18. The number of amides is 1. The Balaban J connectivity index is 1.94. The zero-order chi connectivity index (χ0) is 22.4. The average Bonchev–Trinajstić information content (AvgIpc) is 2.75. The van der Waals surface area contributed by atoms with Gasteiger partial charge in [0.25, 0.3) is 5.91 Å². The van der Waals surface area contributed by atoms with Crippen LogP contribution < -0.4 is 20.2 Å². The minimum Gasteiger partial charge on any atom is -0.497 e. The molecule has 1 amide bonds. The van der Waals surface area contributed by atoms with Crippen LogP contribution in [0, 0.1) is 6.92 Å². The van der Waals surface area contributed by atoms with Crippen molar-refractivity contribution >= 4 is 23.2 Å². The van der Waals surface area contributed by atoms with Gasteiger partial charge in [0.2, 0.25) is 5.43 Å². The number of rotatable bonds is 8. The number of anilines is 1. The third-order valence-electron chi connectivity index (χ3n) is 4.58. The van der Waals surface area contributed by atoms with Crippen LogP contribution in [-0.4, -0.2) is 29.4 Å². The van der Waals surface area contributed by atoms with Gasteiger partial charge in [0, 0.05) is 22.8 Å². The van der Waals surface area contributed by atoms with Crippen molar-refractivity contribution in [2.45, 2.75) is 26.7 Å². The molecule has 1 aromatic heterocycles. The first-order chi connectivity index (χ1) is 14.9. The molecule has 3 aromatic rings. The van der Waals surface area contributed by atoms with Gasteiger partial charge < -0.3 is 14.8 Å². The minimum atomic E-state index is -0.638. The molecule has 1 N–H and O–H groups in total. The van der Waals surface area contributed by atoms with Crippen LogP contribution in [0.3, 0.4) is 0 Å². The monoisotopic (exact) mass is 441 g/mol. The number of unbranched alkanes of at least 4 members (excludes halogenated alkanes) is 1. The summed E-state index contributed by atoms with van der Waals surface area (Å²) < 4.78 is 12.6. The first-order valence-corrected chi connectivity index (χ1v) is 10.3. The smallest absolute Gasteiger partial charge is 0.280 e. The molecule has 0 radical (unpaired) electrons. The summed E-state index contributed by atoms with van der Waals surface area (Å²) in [6, 6.07) is 13.4. The van der Waals surface area contributed by atoms with E-state index in [0.717, 1.165) is 12.8 Å². The van der Waals surface area contributed by atoms with Gasteiger partial charge >= 0.3 is 0 Å². The van der Waals surface area contributed by atoms with Gasteiger partial charge in [0.15, 0.2) is 5.69 Å². The standard InChI is InChI=1S/C23H24ClN3O4/c1-4-5-12-31-21-11-10-18(30-3)14-19(21)25-23(29)22-20(28)13-15(2)27(26-22)17-8-6-16(24)7-9-17/h6-11,13-14H,4-5,12H2,1-3H3,(H,25,29). The molecule has 0 aliphatic heterocycles. The van der Waals surface area contributed by atoms with Gasteiger partial charge in [-0.1, -0.05) is 24.9 Å². The van der Waals surface area contributed by atoms with Crippen LogP contribution in [0.25, 0.3) is 5.69 Å². The fourth-order valence-electron chi connectivity index (χ4n) is 2.92. The van der Waals surface area contributed by atoms with Crippen LogP contribution in [0.2, 0.25) is 5.02 Å². The van der Waals surface area contributed by atoms with E-state index >= 15 is 0 Å². The first-order valence-electron chi connectivity index (χ1n) is 9.92. The second-order valence-corrected chi connectivity index (χ2v) is 7.34. The fraction of sp³-hybridized carbons (Fsp3) is 0.261. The number of carbonyl (C=O) groups excluding carboxylic acids is 1. The summed E-state index contributed by atoms with van der Waals surface area (Å²) in [5.74, 6) is 0.405. The van der Waals surface area contributed by atoms with Gasteiger partial charge in [-0.05, 0) is 49.7 Å². The Labute approximate surface area is 185 Å². The molecule has 0 saturated carbocycles. The highest BCUT2D eigenvalue weighted by molar-refractivity contribution is 6.30. The summed E-state index contributed by atoms with van der Waals surface area (Å²) in [5.41, 5.74) is 0.967. The second-order valence-electron chi connectivity index (χ2n) is 6.91. The van der Waals surface area contributed by atoms with Crippen molar-refractivity contribution in [3.8, 4) is 17.2 Å². The van der Waals surface area contributed by atoms with Crippen molar-refractivity contribution in [1.82, 2.24) is 9.78 Å². The average molecular weight is 442 g/mol. The van der Waals surface area contributed by atoms with Gasteiger partial charge in [0.05, 0.1) is 25.1 Å². The molecule has 31 heavy (non-hydrogen) atoms. The predicted molar refractivity (Wildman–Crippen MR) is 121 cm³/mol. The molecule has 8 heteroatoms. The summed E-state index contributed by atoms with van der Waals surface area (Å²) in [4.78, 5) is 25.5. The van der Waals surface area contributed by atoms with E-state index < -0.39 is 11.3 Å². The summed E-state index contributed by atoms with van der Waals surface area (Å²) >= 11 is 5.96. The molecule has 162 valence electrons. The Morgan fingerprint density at radius 3 is 2.58 bits per heavy atom. The van der Waals surface area contributed by atoms with Crippen molar-refractivity contribution in [2.75, 3.05) is 19.0 Å². The van der Waals surface area contributed by atoms with E-state index in [2.05, 4.69) is 17.3 Å². The third-order valence-corrected chi connectivity index (χ3v) is 4.84. The zero-order valence-corrected chi connectivity index (χ0v) is 18.4. The van der Waals surface area contributed by atoms with Crippen molar-refractivity contribution in [2.24, 2.45) is 0 Å². The maximum absolute atomic E-state index is 13.0. The lowest BCUT2D eigenvalue weighted by Crippen LogP contribution is -2.27. The lowest BCUT2D eigenvalue weighted by atomic mass is 10.2. The summed E-state index contributed by atoms with van der Waals surface area (Å²) in [6.45, 7) is 4.32. The molecule has 3 rings (SSSR count). The van der Waals surface area contributed by atoms with Crippen LogP contribution in [0.4, 0.5) is 5.69 Å². The Morgan fingerprint density at radius 2 is 1.90 bits per heavy atom. The number of hydrogen-bond acceptors (Lipinski definition) is 5. The zero-order valence-electron chi connectivity index (χ0n) is 17.6. The summed E-state index contributed by atoms with van der Waals surface area (Å²) in [6.07, 6.45) is 1.86. The maximum Gasteiger partial charge on any atom is 0.280 e. The van der Waals surface area contributed by atoms with E-state index in [0.29, 0.717) is 40.2 Å². The lowest BCUT2D eigenvalue weighted by molar-refractivity contribution is 0.101. The predicted octanol–water partition coefficient (Wildman–Crippen LogP) is 4.63. The Bertz CT molecular complexity index is 1130. The van der Waals surface area contributed by atoms with E-state index in [1.807, 2.05) is 0 Å². The molecular weight excluding hydrogens is 418 g/mol. The van der Waals surface area contributed by atoms with Crippen LogP contribution in [0.1, 0.15) is 35.9 Å². The first kappa shape index (κ1) is 22.4. The molecule has 0 spiro atoms. The van der Waals surface area contributed by atoms with E-state index in [1.54, 1.807) is 49.4 Å². The number of ether oxygens (including phenoxy) is 2. The third kappa shape index (κ3) is 5.44. The van der Waals surface area contributed by atoms with Crippen molar-refractivity contribution < 1.29 is 14.3 Å². The molecule has 0 atom stereocenters. The molecular formula is C23H24ClN3O4. The maximum atomic E-state index is 13.0. The molecule has 0 aliphatic carbocycles. The highest BCUT2D eigenvalue weighted by atomic mass is 35.5. The summed E-state index contributed by atoms with van der Waals surface area (Å²) in [5, 5.41) is 7.61. The number of carbonyl (C=O) groups is 1. The van der Waals surface area contributed by atoms with E-state index in [-0.39, 0.29) is 5.69 Å². The van der Waals surface area contributed by atoms with Crippen molar-refractivity contribution in [3.63, 3.8) is 0 Å². The summed E-state index contributed by atoms with van der Waals surface area (Å²) in [7, 11) is 1.53. The van der Waals surface area contributed by atoms with Gasteiger partial charge in [0.1, 0.15) is 11.5 Å². The molecule has 0 fully saturated rings. The van der Waals surface area contributed by atoms with Gasteiger partial charge in [-0.15, -0.1) is 0 Å². The van der Waals surface area contributed by atoms with Gasteiger partial charge in [-0.2, -0.15) is 5.10 Å². The quantitative estimate of drug-likeness (QED) is 0.515.